The fourth-order valence-corrected chi connectivity index (χ4v) is 3.64. The lowest BCUT2D eigenvalue weighted by molar-refractivity contribution is 0.172. The van der Waals surface area contributed by atoms with Crippen LogP contribution in [-0.4, -0.2) is 15.8 Å². The Kier molecular flexibility index (Phi) is 4.41. The number of nitrogens with two attached hydrogens (primary N) is 1. The molecule has 1 fully saturated rings. The summed E-state index contributed by atoms with van der Waals surface area (Å²) in [6, 6.07) is 0.252. The molecule has 0 bridgehead atoms. The van der Waals surface area contributed by atoms with Crippen molar-refractivity contribution in [1.29, 1.82) is 0 Å². The van der Waals surface area contributed by atoms with Crippen LogP contribution in [0.25, 0.3) is 0 Å². The van der Waals surface area contributed by atoms with Gasteiger partial charge in [0.1, 0.15) is 0 Å². The molecule has 0 aliphatic heterocycles. The third-order valence-corrected chi connectivity index (χ3v) is 5.71. The second-order valence-corrected chi connectivity index (χ2v) is 7.63. The Hall–Kier alpha value is -0.350. The Balaban J connectivity index is 2.00. The van der Waals surface area contributed by atoms with E-state index in [1.54, 1.807) is 0 Å². The van der Waals surface area contributed by atoms with Gasteiger partial charge in [-0.25, -0.2) is 0 Å². The smallest absolute Gasteiger partial charge is 0.0738 e. The molecule has 1 unspecified atom stereocenters. The summed E-state index contributed by atoms with van der Waals surface area (Å²) in [5.74, 6) is 0.662. The number of aryl methyl sites for hydroxylation is 2. The summed E-state index contributed by atoms with van der Waals surface area (Å²) >= 11 is 3.63. The molecule has 1 aromatic heterocycles. The summed E-state index contributed by atoms with van der Waals surface area (Å²) < 4.78 is 3.09. The van der Waals surface area contributed by atoms with E-state index in [0.717, 1.165) is 16.6 Å². The van der Waals surface area contributed by atoms with Crippen LogP contribution >= 0.6 is 15.9 Å². The molecule has 0 aromatic carbocycles. The van der Waals surface area contributed by atoms with Crippen molar-refractivity contribution < 1.29 is 0 Å². The van der Waals surface area contributed by atoms with Crippen molar-refractivity contribution in [3.63, 3.8) is 0 Å². The summed E-state index contributed by atoms with van der Waals surface area (Å²) in [6.07, 6.45) is 6.06. The second kappa shape index (κ2) is 5.57. The summed E-state index contributed by atoms with van der Waals surface area (Å²) in [5.41, 5.74) is 9.25. The summed E-state index contributed by atoms with van der Waals surface area (Å²) in [4.78, 5) is 0. The highest BCUT2D eigenvalue weighted by molar-refractivity contribution is 9.10. The Bertz CT molecular complexity index is 440. The van der Waals surface area contributed by atoms with Crippen molar-refractivity contribution in [1.82, 2.24) is 9.78 Å². The van der Waals surface area contributed by atoms with Gasteiger partial charge in [-0.1, -0.05) is 13.8 Å². The number of aromatic nitrogens is 2. The highest BCUT2D eigenvalue weighted by Crippen LogP contribution is 2.39. The average molecular weight is 328 g/mol. The van der Waals surface area contributed by atoms with Crippen molar-refractivity contribution >= 4 is 15.9 Å². The van der Waals surface area contributed by atoms with Crippen LogP contribution in [0.4, 0.5) is 0 Å². The Morgan fingerprint density at radius 3 is 2.47 bits per heavy atom. The van der Waals surface area contributed by atoms with E-state index in [0.29, 0.717) is 11.3 Å². The topological polar surface area (TPSA) is 43.8 Å². The number of hydrogen-bond acceptors (Lipinski definition) is 2. The average Bonchev–Trinajstić information content (AvgIpc) is 2.56. The van der Waals surface area contributed by atoms with E-state index in [9.17, 15) is 0 Å². The molecule has 0 spiro atoms. The van der Waals surface area contributed by atoms with Crippen LogP contribution in [0.1, 0.15) is 50.9 Å². The molecule has 1 aliphatic rings. The largest absolute Gasteiger partial charge is 0.327 e. The first-order chi connectivity index (χ1) is 8.80. The van der Waals surface area contributed by atoms with E-state index in [-0.39, 0.29) is 6.04 Å². The van der Waals surface area contributed by atoms with E-state index < -0.39 is 0 Å². The molecule has 108 valence electrons. The van der Waals surface area contributed by atoms with Gasteiger partial charge in [0.15, 0.2) is 0 Å². The van der Waals surface area contributed by atoms with E-state index in [1.807, 2.05) is 18.7 Å². The lowest BCUT2D eigenvalue weighted by Crippen LogP contribution is -2.37. The third kappa shape index (κ3) is 3.40. The molecule has 4 heteroatoms. The number of rotatable bonds is 3. The Morgan fingerprint density at radius 1 is 1.42 bits per heavy atom. The lowest BCUT2D eigenvalue weighted by Gasteiger charge is -2.36. The predicted octanol–water partition coefficient (Wildman–Crippen LogP) is 3.58. The van der Waals surface area contributed by atoms with Crippen molar-refractivity contribution in [2.75, 3.05) is 0 Å². The Labute approximate surface area is 125 Å². The van der Waals surface area contributed by atoms with Gasteiger partial charge in [-0.15, -0.1) is 0 Å². The van der Waals surface area contributed by atoms with Crippen LogP contribution in [0, 0.1) is 18.3 Å². The Morgan fingerprint density at radius 2 is 2.00 bits per heavy atom. The van der Waals surface area contributed by atoms with Gasteiger partial charge in [-0.2, -0.15) is 5.10 Å². The van der Waals surface area contributed by atoms with Crippen LogP contribution < -0.4 is 5.73 Å². The molecule has 19 heavy (non-hydrogen) atoms. The maximum atomic E-state index is 6.45. The normalized spacial score (nSPS) is 21.6. The van der Waals surface area contributed by atoms with Crippen LogP contribution in [0.15, 0.2) is 4.47 Å². The van der Waals surface area contributed by atoms with E-state index >= 15 is 0 Å². The van der Waals surface area contributed by atoms with Crippen LogP contribution in [0.3, 0.4) is 0 Å². The summed E-state index contributed by atoms with van der Waals surface area (Å²) in [5, 5.41) is 4.45. The van der Waals surface area contributed by atoms with Gasteiger partial charge < -0.3 is 5.73 Å². The molecular formula is C15H26BrN3. The molecule has 0 amide bonds. The van der Waals surface area contributed by atoms with E-state index in [2.05, 4.69) is 34.9 Å². The molecule has 2 rings (SSSR count). The van der Waals surface area contributed by atoms with Crippen LogP contribution in [0.5, 0.6) is 0 Å². The molecule has 1 aromatic rings. The molecular weight excluding hydrogens is 302 g/mol. The SMILES string of the molecule is Cc1nn(C)c(CC(N)C2CCC(C)(C)CC2)c1Br. The fraction of sp³-hybridized carbons (Fsp3) is 0.800. The second-order valence-electron chi connectivity index (χ2n) is 6.84. The number of halogens is 1. The maximum Gasteiger partial charge on any atom is 0.0738 e. The first-order valence-electron chi connectivity index (χ1n) is 7.24. The molecule has 0 saturated heterocycles. The lowest BCUT2D eigenvalue weighted by atomic mass is 9.71. The summed E-state index contributed by atoms with van der Waals surface area (Å²) in [7, 11) is 2.00. The van der Waals surface area contributed by atoms with E-state index in [1.165, 1.54) is 31.4 Å². The van der Waals surface area contributed by atoms with Gasteiger partial charge in [0.25, 0.3) is 0 Å². The van der Waals surface area contributed by atoms with Crippen molar-refractivity contribution in [2.24, 2.45) is 24.1 Å². The molecule has 0 radical (unpaired) electrons. The summed E-state index contributed by atoms with van der Waals surface area (Å²) in [6.45, 7) is 6.77. The fourth-order valence-electron chi connectivity index (χ4n) is 3.14. The molecule has 1 saturated carbocycles. The van der Waals surface area contributed by atoms with E-state index in [4.69, 9.17) is 5.73 Å². The minimum absolute atomic E-state index is 0.252. The highest BCUT2D eigenvalue weighted by Gasteiger charge is 2.30. The first kappa shape index (κ1) is 15.0. The van der Waals surface area contributed by atoms with Gasteiger partial charge in [-0.3, -0.25) is 4.68 Å². The van der Waals surface area contributed by atoms with Crippen molar-refractivity contribution in [3.05, 3.63) is 15.9 Å². The van der Waals surface area contributed by atoms with Crippen LogP contribution in [0.2, 0.25) is 0 Å². The van der Waals surface area contributed by atoms with Gasteiger partial charge >= 0.3 is 0 Å². The van der Waals surface area contributed by atoms with Gasteiger partial charge in [0, 0.05) is 19.5 Å². The van der Waals surface area contributed by atoms with Gasteiger partial charge in [-0.05, 0) is 59.9 Å². The quantitative estimate of drug-likeness (QED) is 0.922. The molecule has 2 N–H and O–H groups in total. The molecule has 1 atom stereocenters. The van der Waals surface area contributed by atoms with Crippen molar-refractivity contribution in [3.8, 4) is 0 Å². The van der Waals surface area contributed by atoms with Crippen LogP contribution in [-0.2, 0) is 13.5 Å². The minimum atomic E-state index is 0.252. The number of hydrogen-bond donors (Lipinski definition) is 1. The van der Waals surface area contributed by atoms with Crippen molar-refractivity contribution in [2.45, 2.75) is 58.9 Å². The molecule has 1 heterocycles. The minimum Gasteiger partial charge on any atom is -0.327 e. The number of nitrogens with zero attached hydrogens (tertiary/aromatic N) is 2. The molecule has 1 aliphatic carbocycles. The standard InChI is InChI=1S/C15H26BrN3/c1-10-14(16)13(19(4)18-10)9-12(17)11-5-7-15(2,3)8-6-11/h11-12H,5-9,17H2,1-4H3. The monoisotopic (exact) mass is 327 g/mol. The van der Waals surface area contributed by atoms with Gasteiger partial charge in [0.2, 0.25) is 0 Å². The zero-order chi connectivity index (χ0) is 14.2. The first-order valence-corrected chi connectivity index (χ1v) is 8.03. The maximum absolute atomic E-state index is 6.45. The zero-order valence-electron chi connectivity index (χ0n) is 12.5. The molecule has 3 nitrogen and oxygen atoms in total. The van der Waals surface area contributed by atoms with Gasteiger partial charge in [0.05, 0.1) is 15.9 Å². The third-order valence-electron chi connectivity index (χ3n) is 4.68. The predicted molar refractivity (Wildman–Crippen MR) is 83.1 cm³/mol. The zero-order valence-corrected chi connectivity index (χ0v) is 14.1. The highest BCUT2D eigenvalue weighted by atomic mass is 79.9.